The summed E-state index contributed by atoms with van der Waals surface area (Å²) >= 11 is 0. The Hall–Kier alpha value is -2.49. The van der Waals surface area contributed by atoms with Gasteiger partial charge < -0.3 is 15.1 Å². The van der Waals surface area contributed by atoms with Gasteiger partial charge in [0.15, 0.2) is 0 Å². The second-order valence-electron chi connectivity index (χ2n) is 4.41. The van der Waals surface area contributed by atoms with E-state index in [9.17, 15) is 10.2 Å². The van der Waals surface area contributed by atoms with Crippen LogP contribution >= 0.6 is 0 Å². The van der Waals surface area contributed by atoms with Crippen molar-refractivity contribution < 1.29 is 10.2 Å². The van der Waals surface area contributed by atoms with Crippen LogP contribution < -0.4 is 4.90 Å². The second-order valence-corrected chi connectivity index (χ2v) is 4.41. The number of rotatable bonds is 3. The van der Waals surface area contributed by atoms with Crippen molar-refractivity contribution in [2.75, 3.05) is 19.0 Å². The van der Waals surface area contributed by atoms with E-state index in [1.165, 1.54) is 12.1 Å². The van der Waals surface area contributed by atoms with Gasteiger partial charge in [-0.2, -0.15) is 0 Å². The summed E-state index contributed by atoms with van der Waals surface area (Å²) in [7, 11) is 3.96. The molecule has 4 heteroatoms. The van der Waals surface area contributed by atoms with Gasteiger partial charge in [-0.05, 0) is 36.4 Å². The topological polar surface area (TPSA) is 56.1 Å². The summed E-state index contributed by atoms with van der Waals surface area (Å²) in [6.07, 6.45) is 1.57. The number of benzene rings is 2. The Kier molecular flexibility index (Phi) is 3.71. The minimum atomic E-state index is 0.00802. The molecule has 2 aromatic carbocycles. The number of aromatic hydroxyl groups is 2. The molecule has 19 heavy (non-hydrogen) atoms. The van der Waals surface area contributed by atoms with Crippen molar-refractivity contribution in [2.24, 2.45) is 4.99 Å². The minimum absolute atomic E-state index is 0.00802. The van der Waals surface area contributed by atoms with Gasteiger partial charge in [0, 0.05) is 37.6 Å². The second kappa shape index (κ2) is 5.44. The fraction of sp³-hybridized carbons (Fsp3) is 0.133. The molecule has 0 bridgehead atoms. The highest BCUT2D eigenvalue weighted by Gasteiger charge is 1.99. The molecule has 0 saturated heterocycles. The Morgan fingerprint density at radius 3 is 2.26 bits per heavy atom. The lowest BCUT2D eigenvalue weighted by molar-refractivity contribution is 0.450. The lowest BCUT2D eigenvalue weighted by atomic mass is 10.2. The number of phenolic OH excluding ortho intramolecular Hbond substituents is 2. The average molecular weight is 256 g/mol. The van der Waals surface area contributed by atoms with Crippen molar-refractivity contribution in [3.63, 3.8) is 0 Å². The van der Waals surface area contributed by atoms with E-state index in [4.69, 9.17) is 0 Å². The third-order valence-corrected chi connectivity index (χ3v) is 2.73. The summed E-state index contributed by atoms with van der Waals surface area (Å²) in [6, 6.07) is 12.2. The lowest BCUT2D eigenvalue weighted by Crippen LogP contribution is -2.07. The first-order valence-corrected chi connectivity index (χ1v) is 5.90. The third kappa shape index (κ3) is 3.25. The average Bonchev–Trinajstić information content (AvgIpc) is 2.38. The smallest absolute Gasteiger partial charge is 0.128 e. The van der Waals surface area contributed by atoms with Crippen molar-refractivity contribution >= 4 is 17.6 Å². The van der Waals surface area contributed by atoms with Crippen LogP contribution in [0.3, 0.4) is 0 Å². The van der Waals surface area contributed by atoms with Gasteiger partial charge in [-0.3, -0.25) is 4.99 Å². The predicted octanol–water partition coefficient (Wildman–Crippen LogP) is 2.91. The molecule has 0 fully saturated rings. The quantitative estimate of drug-likeness (QED) is 0.830. The van der Waals surface area contributed by atoms with Gasteiger partial charge in [-0.1, -0.05) is 0 Å². The summed E-state index contributed by atoms with van der Waals surface area (Å²) in [6.45, 7) is 0. The molecule has 0 saturated carbocycles. The van der Waals surface area contributed by atoms with Crippen LogP contribution in [0.1, 0.15) is 5.56 Å². The SMILES string of the molecule is CN(C)c1ccc(N=Cc2ccc(O)cc2O)cc1. The van der Waals surface area contributed by atoms with E-state index in [-0.39, 0.29) is 11.5 Å². The zero-order chi connectivity index (χ0) is 13.8. The third-order valence-electron chi connectivity index (χ3n) is 2.73. The van der Waals surface area contributed by atoms with Crippen LogP contribution in [0.15, 0.2) is 47.5 Å². The molecule has 2 aromatic rings. The highest BCUT2D eigenvalue weighted by Crippen LogP contribution is 2.22. The first kappa shape index (κ1) is 13.0. The fourth-order valence-corrected chi connectivity index (χ4v) is 1.62. The van der Waals surface area contributed by atoms with Gasteiger partial charge in [0.1, 0.15) is 11.5 Å². The van der Waals surface area contributed by atoms with E-state index in [0.29, 0.717) is 5.56 Å². The molecule has 2 N–H and O–H groups in total. The first-order chi connectivity index (χ1) is 9.06. The highest BCUT2D eigenvalue weighted by molar-refractivity contribution is 5.85. The summed E-state index contributed by atoms with van der Waals surface area (Å²) in [5, 5.41) is 18.8. The number of aliphatic imine (C=N–C) groups is 1. The lowest BCUT2D eigenvalue weighted by Gasteiger charge is -2.11. The molecular weight excluding hydrogens is 240 g/mol. The van der Waals surface area contributed by atoms with Crippen molar-refractivity contribution in [2.45, 2.75) is 0 Å². The Bertz CT molecular complexity index is 590. The predicted molar refractivity (Wildman–Crippen MR) is 77.8 cm³/mol. The molecule has 98 valence electrons. The van der Waals surface area contributed by atoms with Gasteiger partial charge in [0.2, 0.25) is 0 Å². The molecule has 0 aliphatic carbocycles. The summed E-state index contributed by atoms with van der Waals surface area (Å²) in [5.41, 5.74) is 2.47. The van der Waals surface area contributed by atoms with Crippen LogP contribution in [0.2, 0.25) is 0 Å². The van der Waals surface area contributed by atoms with E-state index >= 15 is 0 Å². The molecule has 0 aliphatic rings. The van der Waals surface area contributed by atoms with Crippen LogP contribution in [0.5, 0.6) is 11.5 Å². The van der Waals surface area contributed by atoms with Gasteiger partial charge in [0.25, 0.3) is 0 Å². The van der Waals surface area contributed by atoms with Gasteiger partial charge >= 0.3 is 0 Å². The standard InChI is InChI=1S/C15H16N2O2/c1-17(2)13-6-4-12(5-7-13)16-10-11-3-8-14(18)9-15(11)19/h3-10,18-19H,1-2H3. The Labute approximate surface area is 112 Å². The fourth-order valence-electron chi connectivity index (χ4n) is 1.62. The molecule has 0 aromatic heterocycles. The van der Waals surface area contributed by atoms with Crippen LogP contribution in [-0.4, -0.2) is 30.5 Å². The monoisotopic (exact) mass is 256 g/mol. The Balaban J connectivity index is 2.18. The van der Waals surface area contributed by atoms with E-state index in [2.05, 4.69) is 4.99 Å². The highest BCUT2D eigenvalue weighted by atomic mass is 16.3. The van der Waals surface area contributed by atoms with E-state index in [0.717, 1.165) is 11.4 Å². The number of nitrogens with zero attached hydrogens (tertiary/aromatic N) is 2. The van der Waals surface area contributed by atoms with E-state index in [1.54, 1.807) is 12.3 Å². The summed E-state index contributed by atoms with van der Waals surface area (Å²) in [4.78, 5) is 6.30. The van der Waals surface area contributed by atoms with Crippen LogP contribution in [0.25, 0.3) is 0 Å². The normalized spacial score (nSPS) is 10.8. The molecule has 2 rings (SSSR count). The molecule has 4 nitrogen and oxygen atoms in total. The van der Waals surface area contributed by atoms with E-state index < -0.39 is 0 Å². The van der Waals surface area contributed by atoms with Crippen LogP contribution in [-0.2, 0) is 0 Å². The Morgan fingerprint density at radius 1 is 1.00 bits per heavy atom. The number of hydrogen-bond acceptors (Lipinski definition) is 4. The molecular formula is C15H16N2O2. The summed E-state index contributed by atoms with van der Waals surface area (Å²) < 4.78 is 0. The first-order valence-electron chi connectivity index (χ1n) is 5.90. The largest absolute Gasteiger partial charge is 0.508 e. The Morgan fingerprint density at radius 2 is 1.68 bits per heavy atom. The van der Waals surface area contributed by atoms with Crippen LogP contribution in [0.4, 0.5) is 11.4 Å². The van der Waals surface area contributed by atoms with Gasteiger partial charge in [-0.25, -0.2) is 0 Å². The maximum atomic E-state index is 9.63. The summed E-state index contributed by atoms with van der Waals surface area (Å²) in [5.74, 6) is 0.0404. The number of anilines is 1. The zero-order valence-electron chi connectivity index (χ0n) is 10.9. The zero-order valence-corrected chi connectivity index (χ0v) is 10.9. The molecule has 0 radical (unpaired) electrons. The molecule has 0 heterocycles. The maximum absolute atomic E-state index is 9.63. The van der Waals surface area contributed by atoms with Gasteiger partial charge in [-0.15, -0.1) is 0 Å². The molecule has 0 atom stereocenters. The van der Waals surface area contributed by atoms with E-state index in [1.807, 2.05) is 43.3 Å². The van der Waals surface area contributed by atoms with Crippen molar-refractivity contribution in [3.8, 4) is 11.5 Å². The van der Waals surface area contributed by atoms with Gasteiger partial charge in [0.05, 0.1) is 5.69 Å². The number of hydrogen-bond donors (Lipinski definition) is 2. The van der Waals surface area contributed by atoms with Crippen LogP contribution in [0, 0.1) is 0 Å². The molecule has 0 amide bonds. The van der Waals surface area contributed by atoms with Crippen molar-refractivity contribution in [3.05, 3.63) is 48.0 Å². The number of phenols is 2. The minimum Gasteiger partial charge on any atom is -0.508 e. The molecule has 0 aliphatic heterocycles. The van der Waals surface area contributed by atoms with Crippen molar-refractivity contribution in [1.82, 2.24) is 0 Å². The van der Waals surface area contributed by atoms with Crippen molar-refractivity contribution in [1.29, 1.82) is 0 Å². The maximum Gasteiger partial charge on any atom is 0.128 e. The molecule has 0 spiro atoms. The molecule has 0 unspecified atom stereocenters.